The fourth-order valence-corrected chi connectivity index (χ4v) is 2.02. The van der Waals surface area contributed by atoms with Gasteiger partial charge in [0.15, 0.2) is 5.78 Å². The molecule has 0 saturated carbocycles. The van der Waals surface area contributed by atoms with Gasteiger partial charge in [-0.3, -0.25) is 4.79 Å². The van der Waals surface area contributed by atoms with Crippen LogP contribution in [-0.4, -0.2) is 12.9 Å². The van der Waals surface area contributed by atoms with Crippen LogP contribution in [0.1, 0.15) is 36.4 Å². The molecule has 0 aliphatic carbocycles. The maximum Gasteiger partial charge on any atom is 0.176 e. The minimum atomic E-state index is 0.200. The lowest BCUT2D eigenvalue weighted by Gasteiger charge is -2.04. The van der Waals surface area contributed by atoms with Crippen LogP contribution in [0.15, 0.2) is 11.4 Å². The van der Waals surface area contributed by atoms with Gasteiger partial charge in [-0.25, -0.2) is 0 Å². The molecule has 0 saturated heterocycles. The van der Waals surface area contributed by atoms with Gasteiger partial charge in [-0.15, -0.1) is 11.3 Å². The van der Waals surface area contributed by atoms with Crippen LogP contribution in [0, 0.1) is 5.92 Å². The van der Waals surface area contributed by atoms with Crippen molar-refractivity contribution in [3.63, 3.8) is 0 Å². The third-order valence-electron chi connectivity index (χ3n) is 2.05. The SMILES string of the molecule is COc1ccsc1C(=O)CCC(C)C. The van der Waals surface area contributed by atoms with Gasteiger partial charge < -0.3 is 4.74 Å². The number of hydrogen-bond acceptors (Lipinski definition) is 3. The number of hydrogen-bond donors (Lipinski definition) is 0. The summed E-state index contributed by atoms with van der Waals surface area (Å²) < 4.78 is 5.10. The van der Waals surface area contributed by atoms with E-state index in [9.17, 15) is 4.79 Å². The molecule has 0 N–H and O–H groups in total. The number of rotatable bonds is 5. The quantitative estimate of drug-likeness (QED) is 0.699. The largest absolute Gasteiger partial charge is 0.495 e. The molecule has 0 unspecified atom stereocenters. The molecule has 14 heavy (non-hydrogen) atoms. The molecule has 0 aromatic carbocycles. The molecule has 1 aromatic heterocycles. The summed E-state index contributed by atoms with van der Waals surface area (Å²) in [5, 5.41) is 1.89. The minimum Gasteiger partial charge on any atom is -0.495 e. The topological polar surface area (TPSA) is 26.3 Å². The van der Waals surface area contributed by atoms with Gasteiger partial charge in [0, 0.05) is 6.42 Å². The molecule has 0 amide bonds. The first-order valence-electron chi connectivity index (χ1n) is 4.79. The molecule has 0 fully saturated rings. The van der Waals surface area contributed by atoms with Crippen LogP contribution in [0.25, 0.3) is 0 Å². The summed E-state index contributed by atoms with van der Waals surface area (Å²) in [7, 11) is 1.60. The predicted octanol–water partition coefficient (Wildman–Crippen LogP) is 3.38. The lowest BCUT2D eigenvalue weighted by molar-refractivity contribution is 0.0977. The number of methoxy groups -OCH3 is 1. The third-order valence-corrected chi connectivity index (χ3v) is 2.99. The molecule has 0 spiro atoms. The molecule has 1 aromatic rings. The van der Waals surface area contributed by atoms with Crippen LogP contribution in [-0.2, 0) is 0 Å². The van der Waals surface area contributed by atoms with E-state index in [1.54, 1.807) is 7.11 Å². The Labute approximate surface area is 88.9 Å². The van der Waals surface area contributed by atoms with E-state index in [1.807, 2.05) is 11.4 Å². The summed E-state index contributed by atoms with van der Waals surface area (Å²) in [6, 6.07) is 1.84. The lowest BCUT2D eigenvalue weighted by atomic mass is 10.1. The van der Waals surface area contributed by atoms with Crippen molar-refractivity contribution < 1.29 is 9.53 Å². The van der Waals surface area contributed by atoms with Crippen molar-refractivity contribution in [2.24, 2.45) is 5.92 Å². The summed E-state index contributed by atoms with van der Waals surface area (Å²) in [4.78, 5) is 12.5. The Morgan fingerprint density at radius 3 is 2.86 bits per heavy atom. The first-order chi connectivity index (χ1) is 6.65. The Kier molecular flexibility index (Phi) is 4.14. The molecule has 0 atom stereocenters. The summed E-state index contributed by atoms with van der Waals surface area (Å²) >= 11 is 1.46. The molecule has 0 aliphatic rings. The van der Waals surface area contributed by atoms with Crippen molar-refractivity contribution in [3.05, 3.63) is 16.3 Å². The van der Waals surface area contributed by atoms with E-state index in [0.29, 0.717) is 18.1 Å². The van der Waals surface area contributed by atoms with E-state index in [4.69, 9.17) is 4.74 Å². The Morgan fingerprint density at radius 1 is 1.57 bits per heavy atom. The van der Waals surface area contributed by atoms with E-state index in [-0.39, 0.29) is 5.78 Å². The number of Topliss-reactive ketones (excluding diaryl/α,β-unsaturated/α-hetero) is 1. The second-order valence-corrected chi connectivity index (χ2v) is 4.59. The number of thiophene rings is 1. The number of ketones is 1. The van der Waals surface area contributed by atoms with E-state index >= 15 is 0 Å². The Hall–Kier alpha value is -0.830. The summed E-state index contributed by atoms with van der Waals surface area (Å²) in [5.74, 6) is 1.49. The molecule has 1 heterocycles. The zero-order valence-corrected chi connectivity index (χ0v) is 9.69. The summed E-state index contributed by atoms with van der Waals surface area (Å²) in [6.07, 6.45) is 1.56. The van der Waals surface area contributed by atoms with E-state index in [0.717, 1.165) is 11.3 Å². The van der Waals surface area contributed by atoms with Crippen molar-refractivity contribution >= 4 is 17.1 Å². The van der Waals surface area contributed by atoms with Gasteiger partial charge in [0.25, 0.3) is 0 Å². The second-order valence-electron chi connectivity index (χ2n) is 3.67. The van der Waals surface area contributed by atoms with Gasteiger partial charge in [0.05, 0.1) is 7.11 Å². The average molecular weight is 212 g/mol. The van der Waals surface area contributed by atoms with Crippen LogP contribution in [0.5, 0.6) is 5.75 Å². The molecule has 78 valence electrons. The second kappa shape index (κ2) is 5.15. The van der Waals surface area contributed by atoms with Crippen LogP contribution in [0.3, 0.4) is 0 Å². The fourth-order valence-electron chi connectivity index (χ4n) is 1.19. The molecule has 2 nitrogen and oxygen atoms in total. The van der Waals surface area contributed by atoms with Crippen LogP contribution < -0.4 is 4.74 Å². The lowest BCUT2D eigenvalue weighted by Crippen LogP contribution is -2.00. The van der Waals surface area contributed by atoms with Gasteiger partial charge in [0.2, 0.25) is 0 Å². The molecule has 1 rings (SSSR count). The first kappa shape index (κ1) is 11.2. The number of carbonyl (C=O) groups excluding carboxylic acids is 1. The highest BCUT2D eigenvalue weighted by Crippen LogP contribution is 2.26. The maximum absolute atomic E-state index is 11.7. The highest BCUT2D eigenvalue weighted by atomic mass is 32.1. The third kappa shape index (κ3) is 2.84. The minimum absolute atomic E-state index is 0.200. The monoisotopic (exact) mass is 212 g/mol. The van der Waals surface area contributed by atoms with E-state index in [2.05, 4.69) is 13.8 Å². The van der Waals surface area contributed by atoms with Crippen molar-refractivity contribution in [1.29, 1.82) is 0 Å². The Bertz CT molecular complexity index is 302. The summed E-state index contributed by atoms with van der Waals surface area (Å²) in [6.45, 7) is 4.25. The molecule has 3 heteroatoms. The zero-order chi connectivity index (χ0) is 10.6. The fraction of sp³-hybridized carbons (Fsp3) is 0.545. The van der Waals surface area contributed by atoms with E-state index in [1.165, 1.54) is 11.3 Å². The highest BCUT2D eigenvalue weighted by molar-refractivity contribution is 7.12. The average Bonchev–Trinajstić information content (AvgIpc) is 2.61. The smallest absolute Gasteiger partial charge is 0.176 e. The van der Waals surface area contributed by atoms with Crippen LogP contribution >= 0.6 is 11.3 Å². The molecular weight excluding hydrogens is 196 g/mol. The van der Waals surface area contributed by atoms with Crippen molar-refractivity contribution in [3.8, 4) is 5.75 Å². The molecular formula is C11H16O2S. The normalized spacial score (nSPS) is 10.6. The van der Waals surface area contributed by atoms with Gasteiger partial charge >= 0.3 is 0 Å². The highest BCUT2D eigenvalue weighted by Gasteiger charge is 2.13. The summed E-state index contributed by atoms with van der Waals surface area (Å²) in [5.41, 5.74) is 0. The molecule has 0 radical (unpaired) electrons. The standard InChI is InChI=1S/C11H16O2S/c1-8(2)4-5-9(12)11-10(13-3)6-7-14-11/h6-8H,4-5H2,1-3H3. The van der Waals surface area contributed by atoms with Gasteiger partial charge in [-0.2, -0.15) is 0 Å². The van der Waals surface area contributed by atoms with Crippen molar-refractivity contribution in [1.82, 2.24) is 0 Å². The Morgan fingerprint density at radius 2 is 2.29 bits per heavy atom. The van der Waals surface area contributed by atoms with Crippen LogP contribution in [0.2, 0.25) is 0 Å². The number of ether oxygens (including phenoxy) is 1. The number of carbonyl (C=O) groups is 1. The molecule has 0 aliphatic heterocycles. The maximum atomic E-state index is 11.7. The molecule has 0 bridgehead atoms. The zero-order valence-electron chi connectivity index (χ0n) is 8.87. The van der Waals surface area contributed by atoms with Crippen molar-refractivity contribution in [2.45, 2.75) is 26.7 Å². The first-order valence-corrected chi connectivity index (χ1v) is 5.67. The Balaban J connectivity index is 2.60. The van der Waals surface area contributed by atoms with Gasteiger partial charge in [-0.05, 0) is 23.8 Å². The van der Waals surface area contributed by atoms with Crippen molar-refractivity contribution in [2.75, 3.05) is 7.11 Å². The van der Waals surface area contributed by atoms with Crippen LogP contribution in [0.4, 0.5) is 0 Å². The predicted molar refractivity (Wildman–Crippen MR) is 59.3 cm³/mol. The van der Waals surface area contributed by atoms with E-state index < -0.39 is 0 Å². The van der Waals surface area contributed by atoms with Gasteiger partial charge in [0.1, 0.15) is 10.6 Å². The van der Waals surface area contributed by atoms with Gasteiger partial charge in [-0.1, -0.05) is 13.8 Å².